The van der Waals surface area contributed by atoms with Crippen molar-refractivity contribution in [3.05, 3.63) is 29.8 Å². The Hall–Kier alpha value is -1.28. The van der Waals surface area contributed by atoms with E-state index in [0.29, 0.717) is 11.3 Å². The zero-order chi connectivity index (χ0) is 18.3. The molecule has 0 heterocycles. The van der Waals surface area contributed by atoms with Gasteiger partial charge >= 0.3 is 5.97 Å². The summed E-state index contributed by atoms with van der Waals surface area (Å²) in [5, 5.41) is 8.23. The molecule has 6 nitrogen and oxygen atoms in total. The van der Waals surface area contributed by atoms with Crippen LogP contribution in [0.5, 0.6) is 0 Å². The van der Waals surface area contributed by atoms with Gasteiger partial charge in [0.2, 0.25) is 9.70 Å². The highest BCUT2D eigenvalue weighted by molar-refractivity contribution is 7.80. The van der Waals surface area contributed by atoms with Crippen LogP contribution >= 0.6 is 47.0 Å². The number of anilines is 1. The van der Waals surface area contributed by atoms with Gasteiger partial charge in [-0.1, -0.05) is 41.7 Å². The highest BCUT2D eigenvalue weighted by atomic mass is 35.6. The third kappa shape index (κ3) is 6.68. The van der Waals surface area contributed by atoms with Crippen LogP contribution in [0.3, 0.4) is 0 Å². The molecule has 1 rings (SSSR count). The van der Waals surface area contributed by atoms with Gasteiger partial charge in [0, 0.05) is 12.1 Å². The number of nitrogens with one attached hydrogen (secondary N) is 3. The number of amides is 1. The third-order valence-corrected chi connectivity index (χ3v) is 3.67. The van der Waals surface area contributed by atoms with E-state index in [2.05, 4.69) is 20.7 Å². The molecule has 0 fully saturated rings. The number of alkyl halides is 3. The summed E-state index contributed by atoms with van der Waals surface area (Å²) in [5.41, 5.74) is 1.00. The minimum Gasteiger partial charge on any atom is -0.465 e. The van der Waals surface area contributed by atoms with Crippen molar-refractivity contribution in [2.75, 3.05) is 12.4 Å². The molecule has 0 aliphatic heterocycles. The molecule has 132 valence electrons. The Morgan fingerprint density at radius 2 is 1.79 bits per heavy atom. The number of hydrogen-bond donors (Lipinski definition) is 3. The van der Waals surface area contributed by atoms with Gasteiger partial charge < -0.3 is 20.7 Å². The largest absolute Gasteiger partial charge is 0.465 e. The summed E-state index contributed by atoms with van der Waals surface area (Å²) < 4.78 is 2.81. The second-order valence-corrected chi connectivity index (χ2v) is 7.34. The maximum Gasteiger partial charge on any atom is 0.337 e. The van der Waals surface area contributed by atoms with E-state index < -0.39 is 15.9 Å². The van der Waals surface area contributed by atoms with Gasteiger partial charge in [-0.25, -0.2) is 4.79 Å². The van der Waals surface area contributed by atoms with Crippen molar-refractivity contribution in [2.45, 2.75) is 23.3 Å². The molecule has 0 aliphatic carbocycles. The van der Waals surface area contributed by atoms with Crippen LogP contribution in [0.2, 0.25) is 0 Å². The molecule has 10 heteroatoms. The van der Waals surface area contributed by atoms with Crippen molar-refractivity contribution in [3.63, 3.8) is 0 Å². The Bertz CT molecular complexity index is 606. The van der Waals surface area contributed by atoms with Crippen LogP contribution in [-0.4, -0.2) is 34.1 Å². The van der Waals surface area contributed by atoms with Gasteiger partial charge in [0.1, 0.15) is 6.17 Å². The summed E-state index contributed by atoms with van der Waals surface area (Å²) in [6, 6.07) is 6.41. The average Bonchev–Trinajstić information content (AvgIpc) is 2.53. The number of rotatable bonds is 5. The highest BCUT2D eigenvalue weighted by Gasteiger charge is 2.34. The number of thiocarbonyl (C=S) groups is 1. The molecule has 3 N–H and O–H groups in total. The van der Waals surface area contributed by atoms with E-state index in [0.717, 1.165) is 0 Å². The predicted molar refractivity (Wildman–Crippen MR) is 99.6 cm³/mol. The molecule has 24 heavy (non-hydrogen) atoms. The maximum atomic E-state index is 11.5. The van der Waals surface area contributed by atoms with Crippen LogP contribution < -0.4 is 16.0 Å². The van der Waals surface area contributed by atoms with E-state index in [1.165, 1.54) is 7.11 Å². The molecule has 0 saturated heterocycles. The van der Waals surface area contributed by atoms with E-state index >= 15 is 0 Å². The van der Waals surface area contributed by atoms with Gasteiger partial charge in [0.15, 0.2) is 5.11 Å². The lowest BCUT2D eigenvalue weighted by Crippen LogP contribution is -2.56. The van der Waals surface area contributed by atoms with Crippen LogP contribution in [-0.2, 0) is 9.53 Å². The predicted octanol–water partition coefficient (Wildman–Crippen LogP) is 2.98. The molecule has 1 amide bonds. The molecule has 1 aromatic carbocycles. The van der Waals surface area contributed by atoms with E-state index in [4.69, 9.17) is 47.0 Å². The first-order valence-corrected chi connectivity index (χ1v) is 8.33. The summed E-state index contributed by atoms with van der Waals surface area (Å²) in [6.45, 7) is 1.67. The second kappa shape index (κ2) is 9.27. The standard InChI is InChI=1S/C14H16Cl3N3O3S/c1-3-10(21)19-12(14(15,16)17)20-13(24)18-9-6-4-8(5-7-9)11(22)23-2/h4-7,12H,3H2,1-2H3,(H,19,21)(H2,18,20,24). The molecular formula is C14H16Cl3N3O3S. The van der Waals surface area contributed by atoms with Gasteiger partial charge in [0.25, 0.3) is 0 Å². The Labute approximate surface area is 160 Å². The lowest BCUT2D eigenvalue weighted by Gasteiger charge is -2.27. The zero-order valence-electron chi connectivity index (χ0n) is 12.9. The first-order chi connectivity index (χ1) is 11.2. The van der Waals surface area contributed by atoms with Gasteiger partial charge in [-0.15, -0.1) is 0 Å². The second-order valence-electron chi connectivity index (χ2n) is 4.56. The van der Waals surface area contributed by atoms with Crippen molar-refractivity contribution in [3.8, 4) is 0 Å². The molecule has 0 bridgehead atoms. The van der Waals surface area contributed by atoms with Crippen LogP contribution in [0.1, 0.15) is 23.7 Å². The SMILES string of the molecule is CCC(=O)NC(NC(=S)Nc1ccc(C(=O)OC)cc1)C(Cl)(Cl)Cl. The Morgan fingerprint density at radius 1 is 1.21 bits per heavy atom. The fraction of sp³-hybridized carbons (Fsp3) is 0.357. The van der Waals surface area contributed by atoms with Gasteiger partial charge in [-0.2, -0.15) is 0 Å². The molecule has 0 aromatic heterocycles. The maximum absolute atomic E-state index is 11.5. The fourth-order valence-corrected chi connectivity index (χ4v) is 2.13. The summed E-state index contributed by atoms with van der Waals surface area (Å²) in [7, 11) is 1.30. The average molecular weight is 413 g/mol. The highest BCUT2D eigenvalue weighted by Crippen LogP contribution is 2.29. The first kappa shape index (κ1) is 20.8. The fourth-order valence-electron chi connectivity index (χ4n) is 1.57. The first-order valence-electron chi connectivity index (χ1n) is 6.79. The minimum atomic E-state index is -1.80. The van der Waals surface area contributed by atoms with Crippen molar-refractivity contribution in [1.82, 2.24) is 10.6 Å². The van der Waals surface area contributed by atoms with Gasteiger partial charge in [-0.05, 0) is 36.5 Å². The van der Waals surface area contributed by atoms with Crippen LogP contribution in [0.15, 0.2) is 24.3 Å². The number of hydrogen-bond acceptors (Lipinski definition) is 4. The number of benzene rings is 1. The smallest absolute Gasteiger partial charge is 0.337 e. The molecule has 1 aromatic rings. The monoisotopic (exact) mass is 411 g/mol. The van der Waals surface area contributed by atoms with Crippen LogP contribution in [0.25, 0.3) is 0 Å². The van der Waals surface area contributed by atoms with Crippen molar-refractivity contribution in [2.24, 2.45) is 0 Å². The molecule has 0 saturated carbocycles. The normalized spacial score (nSPS) is 12.0. The van der Waals surface area contributed by atoms with E-state index in [1.807, 2.05) is 0 Å². The Morgan fingerprint density at radius 3 is 2.25 bits per heavy atom. The Balaban J connectivity index is 2.71. The van der Waals surface area contributed by atoms with E-state index in [9.17, 15) is 9.59 Å². The zero-order valence-corrected chi connectivity index (χ0v) is 15.9. The lowest BCUT2D eigenvalue weighted by molar-refractivity contribution is -0.121. The van der Waals surface area contributed by atoms with Crippen molar-refractivity contribution < 1.29 is 14.3 Å². The molecular weight excluding hydrogens is 397 g/mol. The van der Waals surface area contributed by atoms with Gasteiger partial charge in [-0.3, -0.25) is 4.79 Å². The number of esters is 1. The number of ether oxygens (including phenoxy) is 1. The van der Waals surface area contributed by atoms with Crippen LogP contribution in [0.4, 0.5) is 5.69 Å². The number of carbonyl (C=O) groups excluding carboxylic acids is 2. The molecule has 1 atom stereocenters. The van der Waals surface area contributed by atoms with E-state index in [1.54, 1.807) is 31.2 Å². The third-order valence-electron chi connectivity index (χ3n) is 2.79. The quantitative estimate of drug-likeness (QED) is 0.299. The molecule has 0 spiro atoms. The summed E-state index contributed by atoms with van der Waals surface area (Å²) in [4.78, 5) is 22.9. The topological polar surface area (TPSA) is 79.5 Å². The number of halogens is 3. The Kier molecular flexibility index (Phi) is 8.02. The number of carbonyl (C=O) groups is 2. The summed E-state index contributed by atoms with van der Waals surface area (Å²) in [6.07, 6.45) is -0.780. The molecule has 0 radical (unpaired) electrons. The van der Waals surface area contributed by atoms with Crippen molar-refractivity contribution >= 4 is 69.7 Å². The van der Waals surface area contributed by atoms with Crippen LogP contribution in [0, 0.1) is 0 Å². The number of methoxy groups -OCH3 is 1. The summed E-state index contributed by atoms with van der Waals surface area (Å²) >= 11 is 22.6. The molecule has 0 aliphatic rings. The minimum absolute atomic E-state index is 0.133. The van der Waals surface area contributed by atoms with Crippen molar-refractivity contribution in [1.29, 1.82) is 0 Å². The van der Waals surface area contributed by atoms with E-state index in [-0.39, 0.29) is 17.4 Å². The summed E-state index contributed by atoms with van der Waals surface area (Å²) in [5.74, 6) is -0.746. The van der Waals surface area contributed by atoms with Gasteiger partial charge in [0.05, 0.1) is 12.7 Å². The lowest BCUT2D eigenvalue weighted by atomic mass is 10.2. The molecule has 1 unspecified atom stereocenters.